The van der Waals surface area contributed by atoms with Gasteiger partial charge in [0.25, 0.3) is 0 Å². The Labute approximate surface area is 96.3 Å². The molecule has 0 spiro atoms. The monoisotopic (exact) mass is 220 g/mol. The van der Waals surface area contributed by atoms with Crippen molar-refractivity contribution in [2.45, 2.75) is 27.7 Å². The van der Waals surface area contributed by atoms with Crippen LogP contribution >= 0.6 is 0 Å². The Morgan fingerprint density at radius 3 is 2.25 bits per heavy atom. The molecule has 0 aliphatic rings. The molecule has 1 aromatic carbocycles. The predicted octanol–water partition coefficient (Wildman–Crippen LogP) is 3.16. The summed E-state index contributed by atoms with van der Waals surface area (Å²) in [5.41, 5.74) is 6.41. The van der Waals surface area contributed by atoms with Crippen molar-refractivity contribution in [3.63, 3.8) is 0 Å². The van der Waals surface area contributed by atoms with E-state index in [2.05, 4.69) is 4.98 Å². The largest absolute Gasteiger partial charge is 0.394 e. The second kappa shape index (κ2) is 7.51. The van der Waals surface area contributed by atoms with Crippen LogP contribution in [0, 0.1) is 0 Å². The average molecular weight is 220 g/mol. The summed E-state index contributed by atoms with van der Waals surface area (Å²) in [5, 5.41) is 0.637. The Morgan fingerprint density at radius 2 is 1.62 bits per heavy atom. The van der Waals surface area contributed by atoms with Gasteiger partial charge in [-0.25, -0.2) is 0 Å². The normalized spacial score (nSPS) is 8.50. The molecule has 0 saturated heterocycles. The summed E-state index contributed by atoms with van der Waals surface area (Å²) >= 11 is 0. The maximum absolute atomic E-state index is 11.4. The van der Waals surface area contributed by atoms with Crippen molar-refractivity contribution in [2.24, 2.45) is 0 Å². The first-order chi connectivity index (χ1) is 7.79. The lowest BCUT2D eigenvalue weighted by Crippen LogP contribution is -2.08. The molecule has 0 amide bonds. The number of para-hydroxylation sites is 1. The van der Waals surface area contributed by atoms with Gasteiger partial charge in [-0.2, -0.15) is 0 Å². The third-order valence-corrected chi connectivity index (χ3v) is 1.82. The number of hydrogen-bond acceptors (Lipinski definition) is 2. The number of pyridine rings is 1. The van der Waals surface area contributed by atoms with Crippen LogP contribution in [-0.2, 0) is 0 Å². The molecule has 0 atom stereocenters. The second-order valence-corrected chi connectivity index (χ2v) is 2.62. The van der Waals surface area contributed by atoms with Crippen molar-refractivity contribution < 1.29 is 0 Å². The number of H-pyrrole nitrogens is 1. The molecule has 0 fully saturated rings. The van der Waals surface area contributed by atoms with Crippen LogP contribution in [0.2, 0.25) is 0 Å². The number of hydrogen-bond donors (Lipinski definition) is 2. The first-order valence-corrected chi connectivity index (χ1v) is 5.65. The SMILES string of the molecule is CC.CC.Nc1c[nH]c2ccccc2c1=O. The van der Waals surface area contributed by atoms with Gasteiger partial charge in [0, 0.05) is 17.1 Å². The fourth-order valence-electron chi connectivity index (χ4n) is 1.18. The van der Waals surface area contributed by atoms with Gasteiger partial charge in [-0.05, 0) is 12.1 Å². The highest BCUT2D eigenvalue weighted by Gasteiger charge is 1.98. The van der Waals surface area contributed by atoms with E-state index in [0.717, 1.165) is 5.52 Å². The maximum Gasteiger partial charge on any atom is 0.212 e. The van der Waals surface area contributed by atoms with Crippen molar-refractivity contribution >= 4 is 16.6 Å². The zero-order valence-electron chi connectivity index (χ0n) is 10.4. The molecule has 3 nitrogen and oxygen atoms in total. The van der Waals surface area contributed by atoms with E-state index < -0.39 is 0 Å². The van der Waals surface area contributed by atoms with Crippen LogP contribution in [0.15, 0.2) is 35.3 Å². The highest BCUT2D eigenvalue weighted by molar-refractivity contribution is 5.80. The van der Waals surface area contributed by atoms with Crippen molar-refractivity contribution in [3.8, 4) is 0 Å². The van der Waals surface area contributed by atoms with Gasteiger partial charge in [0.05, 0.1) is 5.69 Å². The lowest BCUT2D eigenvalue weighted by molar-refractivity contribution is 1.39. The van der Waals surface area contributed by atoms with E-state index in [0.29, 0.717) is 5.39 Å². The molecular weight excluding hydrogens is 200 g/mol. The summed E-state index contributed by atoms with van der Waals surface area (Å²) in [6.45, 7) is 8.00. The average Bonchev–Trinajstić information content (AvgIpc) is 2.39. The number of benzene rings is 1. The smallest absolute Gasteiger partial charge is 0.212 e. The Hall–Kier alpha value is -1.77. The van der Waals surface area contributed by atoms with Crippen molar-refractivity contribution in [2.75, 3.05) is 5.73 Å². The third-order valence-electron chi connectivity index (χ3n) is 1.82. The second-order valence-electron chi connectivity index (χ2n) is 2.62. The van der Waals surface area contributed by atoms with Gasteiger partial charge in [0.1, 0.15) is 0 Å². The third kappa shape index (κ3) is 3.12. The number of rotatable bonds is 0. The number of nitrogen functional groups attached to an aromatic ring is 1. The fourth-order valence-corrected chi connectivity index (χ4v) is 1.18. The lowest BCUT2D eigenvalue weighted by Gasteiger charge is -1.96. The molecule has 3 N–H and O–H groups in total. The summed E-state index contributed by atoms with van der Waals surface area (Å²) < 4.78 is 0. The standard InChI is InChI=1S/C9H8N2O.2C2H6/c10-7-5-11-8-4-2-1-3-6(8)9(7)12;2*1-2/h1-5H,10H2,(H,11,12);2*1-2H3. The van der Waals surface area contributed by atoms with Crippen LogP contribution < -0.4 is 11.2 Å². The highest BCUT2D eigenvalue weighted by atomic mass is 16.1. The number of fused-ring (bicyclic) bond motifs is 1. The van der Waals surface area contributed by atoms with E-state index >= 15 is 0 Å². The number of nitrogens with two attached hydrogens (primary N) is 1. The number of aromatic amines is 1. The molecule has 1 heterocycles. The first-order valence-electron chi connectivity index (χ1n) is 5.65. The van der Waals surface area contributed by atoms with Crippen molar-refractivity contribution in [1.29, 1.82) is 0 Å². The van der Waals surface area contributed by atoms with Crippen LogP contribution in [0.1, 0.15) is 27.7 Å². The van der Waals surface area contributed by atoms with Gasteiger partial charge in [-0.15, -0.1) is 0 Å². The quantitative estimate of drug-likeness (QED) is 0.716. The first kappa shape index (κ1) is 14.2. The zero-order chi connectivity index (χ0) is 12.6. The van der Waals surface area contributed by atoms with Crippen LogP contribution in [0.3, 0.4) is 0 Å². The molecule has 0 unspecified atom stereocenters. The van der Waals surface area contributed by atoms with Crippen LogP contribution in [0.4, 0.5) is 5.69 Å². The molecule has 16 heavy (non-hydrogen) atoms. The minimum atomic E-state index is -0.107. The zero-order valence-corrected chi connectivity index (χ0v) is 10.4. The lowest BCUT2D eigenvalue weighted by atomic mass is 10.2. The molecule has 88 valence electrons. The van der Waals surface area contributed by atoms with Gasteiger partial charge >= 0.3 is 0 Å². The summed E-state index contributed by atoms with van der Waals surface area (Å²) in [6, 6.07) is 7.28. The number of anilines is 1. The molecule has 0 aliphatic heterocycles. The Morgan fingerprint density at radius 1 is 1.06 bits per heavy atom. The molecule has 0 saturated carbocycles. The van der Waals surface area contributed by atoms with E-state index in [1.54, 1.807) is 6.07 Å². The Kier molecular flexibility index (Phi) is 6.68. The van der Waals surface area contributed by atoms with Gasteiger partial charge < -0.3 is 10.7 Å². The molecule has 1 aromatic heterocycles. The van der Waals surface area contributed by atoms with Crippen LogP contribution in [0.25, 0.3) is 10.9 Å². The van der Waals surface area contributed by atoms with Gasteiger partial charge in [-0.1, -0.05) is 39.8 Å². The molecular formula is C13H20N2O. The van der Waals surface area contributed by atoms with Gasteiger partial charge in [0.2, 0.25) is 5.43 Å². The van der Waals surface area contributed by atoms with E-state index in [-0.39, 0.29) is 11.1 Å². The molecule has 3 heteroatoms. The molecule has 0 aliphatic carbocycles. The highest BCUT2D eigenvalue weighted by Crippen LogP contribution is 2.06. The minimum absolute atomic E-state index is 0.107. The summed E-state index contributed by atoms with van der Waals surface area (Å²) in [6.07, 6.45) is 1.52. The maximum atomic E-state index is 11.4. The summed E-state index contributed by atoms with van der Waals surface area (Å²) in [5.74, 6) is 0. The predicted molar refractivity (Wildman–Crippen MR) is 71.7 cm³/mol. The van der Waals surface area contributed by atoms with E-state index in [9.17, 15) is 4.79 Å². The topological polar surface area (TPSA) is 58.9 Å². The molecule has 0 radical (unpaired) electrons. The summed E-state index contributed by atoms with van der Waals surface area (Å²) in [7, 11) is 0. The number of nitrogens with one attached hydrogen (secondary N) is 1. The molecule has 0 bridgehead atoms. The van der Waals surface area contributed by atoms with Gasteiger partial charge in [-0.3, -0.25) is 4.79 Å². The van der Waals surface area contributed by atoms with E-state index in [1.807, 2.05) is 45.9 Å². The van der Waals surface area contributed by atoms with Crippen LogP contribution in [-0.4, -0.2) is 4.98 Å². The van der Waals surface area contributed by atoms with Crippen LogP contribution in [0.5, 0.6) is 0 Å². The van der Waals surface area contributed by atoms with Gasteiger partial charge in [0.15, 0.2) is 0 Å². The fraction of sp³-hybridized carbons (Fsp3) is 0.308. The van der Waals surface area contributed by atoms with E-state index in [1.165, 1.54) is 6.20 Å². The minimum Gasteiger partial charge on any atom is -0.394 e. The summed E-state index contributed by atoms with van der Waals surface area (Å²) in [4.78, 5) is 14.3. The molecule has 2 aromatic rings. The Balaban J connectivity index is 0.000000509. The van der Waals surface area contributed by atoms with Crippen molar-refractivity contribution in [3.05, 3.63) is 40.7 Å². The Bertz CT molecular complexity index is 475. The van der Waals surface area contributed by atoms with E-state index in [4.69, 9.17) is 5.73 Å². The number of aromatic nitrogens is 1. The van der Waals surface area contributed by atoms with Crippen molar-refractivity contribution in [1.82, 2.24) is 4.98 Å². The molecule has 2 rings (SSSR count).